The van der Waals surface area contributed by atoms with Crippen molar-refractivity contribution in [2.75, 3.05) is 11.8 Å². The lowest BCUT2D eigenvalue weighted by atomic mass is 10.2. The van der Waals surface area contributed by atoms with E-state index in [1.54, 1.807) is 36.7 Å². The third-order valence-electron chi connectivity index (χ3n) is 4.32. The number of benzene rings is 2. The number of rotatable bonds is 6. The average Bonchev–Trinajstić information content (AvgIpc) is 2.91. The van der Waals surface area contributed by atoms with Gasteiger partial charge in [0.15, 0.2) is 0 Å². The van der Waals surface area contributed by atoms with Crippen LogP contribution in [0.1, 0.15) is 17.0 Å². The Morgan fingerprint density at radius 3 is 2.46 bits per heavy atom. The largest absolute Gasteiger partial charge is 0.497 e. The van der Waals surface area contributed by atoms with E-state index in [0.29, 0.717) is 28.4 Å². The Bertz CT molecular complexity index is 1110. The zero-order valence-corrected chi connectivity index (χ0v) is 17.1. The lowest BCUT2D eigenvalue weighted by Crippen LogP contribution is -2.14. The van der Waals surface area contributed by atoms with Gasteiger partial charge < -0.3 is 4.74 Å². The van der Waals surface area contributed by atoms with Gasteiger partial charge in [0.25, 0.3) is 10.0 Å². The number of sulfonamides is 1. The summed E-state index contributed by atoms with van der Waals surface area (Å²) in [6.45, 7) is 3.75. The predicted octanol–water partition coefficient (Wildman–Crippen LogP) is 4.15. The zero-order valence-electron chi connectivity index (χ0n) is 15.5. The van der Waals surface area contributed by atoms with Crippen LogP contribution in [0, 0.1) is 19.7 Å². The first-order valence-electron chi connectivity index (χ1n) is 8.36. The van der Waals surface area contributed by atoms with Crippen molar-refractivity contribution in [2.45, 2.75) is 25.3 Å². The molecule has 148 valence electrons. The van der Waals surface area contributed by atoms with Gasteiger partial charge in [-0.25, -0.2) is 12.8 Å². The summed E-state index contributed by atoms with van der Waals surface area (Å²) in [6, 6.07) is 10.2. The number of hydrogen-bond acceptors (Lipinski definition) is 4. The molecule has 1 N–H and O–H groups in total. The molecule has 3 rings (SSSR count). The molecule has 0 bridgehead atoms. The van der Waals surface area contributed by atoms with Gasteiger partial charge >= 0.3 is 0 Å². The SMILES string of the molecule is COc1ccc(S(=O)(=O)Nc2c(C)nn(Cc3ccc(F)cc3Cl)c2C)cc1. The Morgan fingerprint density at radius 2 is 1.86 bits per heavy atom. The van der Waals surface area contributed by atoms with Crippen LogP contribution in [-0.2, 0) is 16.6 Å². The van der Waals surface area contributed by atoms with Crippen LogP contribution in [0.3, 0.4) is 0 Å². The minimum Gasteiger partial charge on any atom is -0.497 e. The van der Waals surface area contributed by atoms with Crippen molar-refractivity contribution < 1.29 is 17.5 Å². The minimum atomic E-state index is -3.79. The molecular weight excluding hydrogens is 405 g/mol. The summed E-state index contributed by atoms with van der Waals surface area (Å²) in [5.74, 6) is 0.144. The quantitative estimate of drug-likeness (QED) is 0.646. The normalized spacial score (nSPS) is 11.5. The molecule has 28 heavy (non-hydrogen) atoms. The van der Waals surface area contributed by atoms with E-state index in [1.165, 1.54) is 31.4 Å². The Labute approximate surface area is 168 Å². The number of aromatic nitrogens is 2. The molecule has 9 heteroatoms. The fourth-order valence-corrected chi connectivity index (χ4v) is 4.16. The molecule has 0 atom stereocenters. The molecule has 3 aromatic rings. The third kappa shape index (κ3) is 4.13. The first-order valence-corrected chi connectivity index (χ1v) is 10.2. The highest BCUT2D eigenvalue weighted by atomic mass is 35.5. The molecule has 0 unspecified atom stereocenters. The molecule has 0 spiro atoms. The Morgan fingerprint density at radius 1 is 1.18 bits per heavy atom. The highest BCUT2D eigenvalue weighted by molar-refractivity contribution is 7.92. The van der Waals surface area contributed by atoms with E-state index >= 15 is 0 Å². The van der Waals surface area contributed by atoms with Crippen molar-refractivity contribution in [3.8, 4) is 5.75 Å². The molecule has 1 aromatic heterocycles. The van der Waals surface area contributed by atoms with Crippen LogP contribution in [0.4, 0.5) is 10.1 Å². The van der Waals surface area contributed by atoms with Crippen molar-refractivity contribution >= 4 is 27.3 Å². The standard InChI is InChI=1S/C19H19ClFN3O3S/c1-12-19(23-28(25,26)17-8-6-16(27-3)7-9-17)13(2)24(22-12)11-14-4-5-15(21)10-18(14)20/h4-10,23H,11H2,1-3H3. The summed E-state index contributed by atoms with van der Waals surface area (Å²) < 4.78 is 47.9. The van der Waals surface area contributed by atoms with Gasteiger partial charge in [-0.15, -0.1) is 0 Å². The maximum absolute atomic E-state index is 13.2. The number of ether oxygens (including phenoxy) is 1. The van der Waals surface area contributed by atoms with E-state index in [4.69, 9.17) is 16.3 Å². The monoisotopic (exact) mass is 423 g/mol. The topological polar surface area (TPSA) is 73.2 Å². The van der Waals surface area contributed by atoms with Crippen molar-refractivity contribution in [1.82, 2.24) is 9.78 Å². The van der Waals surface area contributed by atoms with Gasteiger partial charge in [-0.1, -0.05) is 17.7 Å². The van der Waals surface area contributed by atoms with E-state index in [2.05, 4.69) is 9.82 Å². The molecular formula is C19H19ClFN3O3S. The smallest absolute Gasteiger partial charge is 0.262 e. The summed E-state index contributed by atoms with van der Waals surface area (Å²) in [7, 11) is -2.28. The lowest BCUT2D eigenvalue weighted by Gasteiger charge is -2.10. The molecule has 0 aliphatic carbocycles. The van der Waals surface area contributed by atoms with Crippen LogP contribution < -0.4 is 9.46 Å². The van der Waals surface area contributed by atoms with E-state index in [0.717, 1.165) is 0 Å². The number of anilines is 1. The third-order valence-corrected chi connectivity index (χ3v) is 6.04. The molecule has 0 saturated heterocycles. The fourth-order valence-electron chi connectivity index (χ4n) is 2.76. The van der Waals surface area contributed by atoms with Gasteiger partial charge in [0.05, 0.1) is 35.6 Å². The molecule has 2 aromatic carbocycles. The van der Waals surface area contributed by atoms with Gasteiger partial charge in [0, 0.05) is 5.02 Å². The minimum absolute atomic E-state index is 0.112. The summed E-state index contributed by atoms with van der Waals surface area (Å²) in [4.78, 5) is 0.112. The van der Waals surface area contributed by atoms with Gasteiger partial charge in [-0.2, -0.15) is 5.10 Å². The second kappa shape index (κ2) is 7.81. The maximum Gasteiger partial charge on any atom is 0.262 e. The Hall–Kier alpha value is -2.58. The number of aryl methyl sites for hydroxylation is 1. The predicted molar refractivity (Wildman–Crippen MR) is 106 cm³/mol. The summed E-state index contributed by atoms with van der Waals surface area (Å²) in [5.41, 5.74) is 2.22. The zero-order chi connectivity index (χ0) is 20.5. The van der Waals surface area contributed by atoms with E-state index < -0.39 is 15.8 Å². The molecule has 6 nitrogen and oxygen atoms in total. The van der Waals surface area contributed by atoms with Crippen LogP contribution in [0.15, 0.2) is 47.4 Å². The Balaban J connectivity index is 1.88. The molecule has 0 amide bonds. The number of nitrogens with one attached hydrogen (secondary N) is 1. The van der Waals surface area contributed by atoms with Crippen LogP contribution in [-0.4, -0.2) is 25.3 Å². The van der Waals surface area contributed by atoms with Crippen molar-refractivity contribution in [3.05, 3.63) is 70.3 Å². The summed E-state index contributed by atoms with van der Waals surface area (Å²) >= 11 is 6.09. The van der Waals surface area contributed by atoms with Crippen molar-refractivity contribution in [3.63, 3.8) is 0 Å². The number of halogens is 2. The van der Waals surface area contributed by atoms with Gasteiger partial charge in [-0.05, 0) is 55.8 Å². The Kier molecular flexibility index (Phi) is 5.62. The lowest BCUT2D eigenvalue weighted by molar-refractivity contribution is 0.414. The first-order chi connectivity index (χ1) is 13.2. The second-order valence-electron chi connectivity index (χ2n) is 6.22. The van der Waals surface area contributed by atoms with E-state index in [-0.39, 0.29) is 16.5 Å². The van der Waals surface area contributed by atoms with Crippen LogP contribution in [0.5, 0.6) is 5.75 Å². The summed E-state index contributed by atoms with van der Waals surface area (Å²) in [6.07, 6.45) is 0. The summed E-state index contributed by atoms with van der Waals surface area (Å²) in [5, 5.41) is 4.68. The number of methoxy groups -OCH3 is 1. The van der Waals surface area contributed by atoms with Crippen molar-refractivity contribution in [1.29, 1.82) is 0 Å². The maximum atomic E-state index is 13.2. The molecule has 1 heterocycles. The number of hydrogen-bond donors (Lipinski definition) is 1. The second-order valence-corrected chi connectivity index (χ2v) is 8.31. The number of nitrogens with zero attached hydrogens (tertiary/aromatic N) is 2. The van der Waals surface area contributed by atoms with Crippen LogP contribution in [0.2, 0.25) is 5.02 Å². The highest BCUT2D eigenvalue weighted by Crippen LogP contribution is 2.26. The molecule has 0 aliphatic rings. The molecule has 0 fully saturated rings. The first kappa shape index (κ1) is 20.2. The van der Waals surface area contributed by atoms with E-state index in [9.17, 15) is 12.8 Å². The molecule has 0 aliphatic heterocycles. The van der Waals surface area contributed by atoms with Crippen LogP contribution in [0.25, 0.3) is 0 Å². The molecule has 0 saturated carbocycles. The van der Waals surface area contributed by atoms with Gasteiger partial charge in [0.1, 0.15) is 11.6 Å². The van der Waals surface area contributed by atoms with E-state index in [1.807, 2.05) is 0 Å². The molecule has 0 radical (unpaired) electrons. The average molecular weight is 424 g/mol. The van der Waals surface area contributed by atoms with Crippen LogP contribution >= 0.6 is 11.6 Å². The highest BCUT2D eigenvalue weighted by Gasteiger charge is 2.20. The van der Waals surface area contributed by atoms with Gasteiger partial charge in [-0.3, -0.25) is 9.40 Å². The van der Waals surface area contributed by atoms with Crippen molar-refractivity contribution in [2.24, 2.45) is 0 Å². The fraction of sp³-hybridized carbons (Fsp3) is 0.211. The van der Waals surface area contributed by atoms with Gasteiger partial charge in [0.2, 0.25) is 0 Å².